The van der Waals surface area contributed by atoms with Gasteiger partial charge in [0.2, 0.25) is 17.7 Å². The van der Waals surface area contributed by atoms with Crippen LogP contribution >= 0.6 is 11.3 Å². The van der Waals surface area contributed by atoms with Gasteiger partial charge in [-0.2, -0.15) is 0 Å². The number of unbranched alkanes of at least 4 members (excludes halogenated alkanes) is 5. The SMILES string of the molecule is Cc1ncsc1-c1ccc([C@H](CC(=O)NCCCCCCCCN)NC(=O)[C@@H]2C[C@@H](O)CN2C(=O)C(NC(=O)C2(F)CC2)C(C)(C)C)cc1. The molecule has 1 aromatic carbocycles. The number of benzene rings is 1. The number of carbonyl (C=O) groups is 4. The Balaban J connectivity index is 1.47. The number of aryl methyl sites for hydroxylation is 1. The Labute approximate surface area is 293 Å². The summed E-state index contributed by atoms with van der Waals surface area (Å²) in [6.45, 7) is 8.31. The summed E-state index contributed by atoms with van der Waals surface area (Å²) in [6, 6.07) is 4.73. The number of aliphatic hydroxyl groups excluding tert-OH is 1. The van der Waals surface area contributed by atoms with Gasteiger partial charge in [-0.1, -0.05) is 70.7 Å². The molecule has 2 aromatic rings. The maximum atomic E-state index is 14.6. The Morgan fingerprint density at radius 2 is 1.71 bits per heavy atom. The van der Waals surface area contributed by atoms with Crippen molar-refractivity contribution in [1.29, 1.82) is 0 Å². The summed E-state index contributed by atoms with van der Waals surface area (Å²) in [7, 11) is 0. The molecule has 4 atom stereocenters. The highest BCUT2D eigenvalue weighted by molar-refractivity contribution is 7.13. The van der Waals surface area contributed by atoms with Crippen molar-refractivity contribution in [3.05, 3.63) is 41.0 Å². The number of rotatable bonds is 17. The van der Waals surface area contributed by atoms with Crippen LogP contribution in [0.25, 0.3) is 10.4 Å². The Bertz CT molecular complexity index is 1440. The quantitative estimate of drug-likeness (QED) is 0.155. The lowest BCUT2D eigenvalue weighted by molar-refractivity contribution is -0.145. The number of aromatic nitrogens is 1. The molecule has 13 heteroatoms. The van der Waals surface area contributed by atoms with E-state index in [0.29, 0.717) is 18.7 Å². The molecule has 1 aromatic heterocycles. The maximum Gasteiger partial charge on any atom is 0.258 e. The molecule has 1 aliphatic heterocycles. The number of likely N-dealkylation sites (tertiary alicyclic amines) is 1. The molecule has 49 heavy (non-hydrogen) atoms. The van der Waals surface area contributed by atoms with Crippen LogP contribution in [0.1, 0.15) is 102 Å². The number of aliphatic hydroxyl groups is 1. The van der Waals surface area contributed by atoms with Gasteiger partial charge in [0.25, 0.3) is 5.91 Å². The Kier molecular flexibility index (Phi) is 13.3. The smallest absolute Gasteiger partial charge is 0.258 e. The Hall–Kier alpha value is -3.42. The van der Waals surface area contributed by atoms with Gasteiger partial charge in [0.1, 0.15) is 12.1 Å². The lowest BCUT2D eigenvalue weighted by Crippen LogP contribution is -2.59. The third-order valence-electron chi connectivity index (χ3n) is 9.33. The fourth-order valence-corrected chi connectivity index (χ4v) is 6.96. The van der Waals surface area contributed by atoms with Gasteiger partial charge in [-0.3, -0.25) is 19.2 Å². The van der Waals surface area contributed by atoms with E-state index in [9.17, 15) is 28.7 Å². The van der Waals surface area contributed by atoms with Crippen molar-refractivity contribution in [3.63, 3.8) is 0 Å². The van der Waals surface area contributed by atoms with Gasteiger partial charge in [-0.15, -0.1) is 11.3 Å². The number of thiazole rings is 1. The second-order valence-corrected chi connectivity index (χ2v) is 15.4. The highest BCUT2D eigenvalue weighted by Gasteiger charge is 2.53. The highest BCUT2D eigenvalue weighted by atomic mass is 32.1. The topological polar surface area (TPSA) is 167 Å². The van der Waals surface area contributed by atoms with Crippen molar-refractivity contribution >= 4 is 35.0 Å². The number of amides is 4. The first-order valence-corrected chi connectivity index (χ1v) is 18.4. The summed E-state index contributed by atoms with van der Waals surface area (Å²) >= 11 is 1.53. The molecule has 270 valence electrons. The summed E-state index contributed by atoms with van der Waals surface area (Å²) in [4.78, 5) is 60.3. The molecule has 4 rings (SSSR count). The fourth-order valence-electron chi connectivity index (χ4n) is 6.15. The normalized spacial score (nSPS) is 19.6. The predicted molar refractivity (Wildman–Crippen MR) is 188 cm³/mol. The lowest BCUT2D eigenvalue weighted by Gasteiger charge is -2.36. The van der Waals surface area contributed by atoms with Crippen molar-refractivity contribution in [3.8, 4) is 10.4 Å². The monoisotopic (exact) mass is 700 g/mol. The molecular weight excluding hydrogens is 647 g/mol. The van der Waals surface area contributed by atoms with E-state index in [-0.39, 0.29) is 38.1 Å². The fraction of sp³-hybridized carbons (Fsp3) is 0.639. The molecule has 11 nitrogen and oxygen atoms in total. The van der Waals surface area contributed by atoms with Crippen molar-refractivity contribution in [1.82, 2.24) is 25.8 Å². The molecule has 1 aliphatic carbocycles. The molecule has 6 N–H and O–H groups in total. The molecular formula is C36H53FN6O5S. The van der Waals surface area contributed by atoms with Gasteiger partial charge in [0.05, 0.1) is 34.6 Å². The summed E-state index contributed by atoms with van der Waals surface area (Å²) in [5.74, 6) is -2.14. The third-order valence-corrected chi connectivity index (χ3v) is 10.3. The minimum absolute atomic E-state index is 0.0107. The number of β-amino-alcohol motifs (C(OH)–C–C–N with tert-alkyl or cyclic N) is 1. The van der Waals surface area contributed by atoms with Crippen molar-refractivity contribution in [2.24, 2.45) is 11.1 Å². The first kappa shape index (κ1) is 38.4. The molecule has 0 bridgehead atoms. The number of halogens is 1. The van der Waals surface area contributed by atoms with Gasteiger partial charge in [-0.25, -0.2) is 9.37 Å². The Morgan fingerprint density at radius 1 is 1.06 bits per heavy atom. The van der Waals surface area contributed by atoms with Crippen LogP contribution in [-0.4, -0.2) is 82.1 Å². The molecule has 1 saturated heterocycles. The zero-order valence-electron chi connectivity index (χ0n) is 29.2. The predicted octanol–water partition coefficient (Wildman–Crippen LogP) is 4.08. The van der Waals surface area contributed by atoms with Crippen LogP contribution in [0.4, 0.5) is 4.39 Å². The molecule has 2 fully saturated rings. The van der Waals surface area contributed by atoms with Crippen molar-refractivity contribution in [2.75, 3.05) is 19.6 Å². The summed E-state index contributed by atoms with van der Waals surface area (Å²) in [5, 5.41) is 19.2. The van der Waals surface area contributed by atoms with E-state index < -0.39 is 53.0 Å². The summed E-state index contributed by atoms with van der Waals surface area (Å²) < 4.78 is 14.6. The third kappa shape index (κ3) is 10.5. The van der Waals surface area contributed by atoms with Crippen LogP contribution < -0.4 is 21.7 Å². The zero-order chi connectivity index (χ0) is 35.8. The van der Waals surface area contributed by atoms with E-state index >= 15 is 0 Å². The largest absolute Gasteiger partial charge is 0.391 e. The second kappa shape index (κ2) is 17.0. The average Bonchev–Trinajstić information content (AvgIpc) is 3.46. The number of carbonyl (C=O) groups excluding carboxylic acids is 4. The molecule has 2 heterocycles. The zero-order valence-corrected chi connectivity index (χ0v) is 30.0. The molecule has 2 aliphatic rings. The van der Waals surface area contributed by atoms with Crippen LogP contribution in [-0.2, 0) is 19.2 Å². The van der Waals surface area contributed by atoms with E-state index in [4.69, 9.17) is 5.73 Å². The average molecular weight is 701 g/mol. The van der Waals surface area contributed by atoms with Crippen LogP contribution in [0, 0.1) is 12.3 Å². The van der Waals surface area contributed by atoms with Gasteiger partial charge < -0.3 is 31.7 Å². The Morgan fingerprint density at radius 3 is 2.31 bits per heavy atom. The van der Waals surface area contributed by atoms with Crippen LogP contribution in [0.5, 0.6) is 0 Å². The van der Waals surface area contributed by atoms with Gasteiger partial charge >= 0.3 is 0 Å². The van der Waals surface area contributed by atoms with Crippen molar-refractivity contribution < 1.29 is 28.7 Å². The molecule has 4 amide bonds. The van der Waals surface area contributed by atoms with Gasteiger partial charge in [0, 0.05) is 19.5 Å². The highest BCUT2D eigenvalue weighted by Crippen LogP contribution is 2.40. The standard InChI is InChI=1S/C36H53FN6O5S/c1-23-30(49-22-40-23)25-13-11-24(12-14-25)27(20-29(45)39-18-10-8-6-5-7-9-17-38)41-32(46)28-19-26(44)21-43(28)33(47)31(35(2,3)4)42-34(48)36(37)15-16-36/h11-14,22,26-28,31,44H,5-10,15-21,38H2,1-4H3,(H,39,45)(H,41,46)(H,42,48)/t26-,27+,28+,31?/m1/s1. The summed E-state index contributed by atoms with van der Waals surface area (Å²) in [6.07, 6.45) is 5.38. The lowest BCUT2D eigenvalue weighted by atomic mass is 9.85. The van der Waals surface area contributed by atoms with Crippen molar-refractivity contribution in [2.45, 2.75) is 122 Å². The number of hydrogen-bond donors (Lipinski definition) is 5. The first-order chi connectivity index (χ1) is 23.2. The van der Waals surface area contributed by atoms with Crippen LogP contribution in [0.2, 0.25) is 0 Å². The van der Waals surface area contributed by atoms with Gasteiger partial charge in [-0.05, 0) is 55.7 Å². The molecule has 1 unspecified atom stereocenters. The minimum Gasteiger partial charge on any atom is -0.391 e. The van der Waals surface area contributed by atoms with E-state index in [0.717, 1.165) is 54.7 Å². The van der Waals surface area contributed by atoms with Gasteiger partial charge in [0.15, 0.2) is 5.67 Å². The maximum absolute atomic E-state index is 14.6. The number of nitrogens with one attached hydrogen (secondary N) is 3. The first-order valence-electron chi connectivity index (χ1n) is 17.5. The van der Waals surface area contributed by atoms with E-state index in [1.54, 1.807) is 26.3 Å². The van der Waals surface area contributed by atoms with E-state index in [1.807, 2.05) is 31.2 Å². The van der Waals surface area contributed by atoms with E-state index in [2.05, 4.69) is 20.9 Å². The summed E-state index contributed by atoms with van der Waals surface area (Å²) in [5.41, 5.74) is 7.17. The van der Waals surface area contributed by atoms with E-state index in [1.165, 1.54) is 16.2 Å². The number of alkyl halides is 1. The van der Waals surface area contributed by atoms with Crippen LogP contribution in [0.3, 0.4) is 0 Å². The number of hydrogen-bond acceptors (Lipinski definition) is 8. The molecule has 0 radical (unpaired) electrons. The number of nitrogens with two attached hydrogens (primary N) is 1. The molecule has 0 spiro atoms. The van der Waals surface area contributed by atoms with Crippen LogP contribution in [0.15, 0.2) is 29.8 Å². The number of nitrogens with zero attached hydrogens (tertiary/aromatic N) is 2. The minimum atomic E-state index is -1.97. The molecule has 1 saturated carbocycles. The second-order valence-electron chi connectivity index (χ2n) is 14.5.